The Bertz CT molecular complexity index is 1120. The molecule has 0 atom stereocenters. The lowest BCUT2D eigenvalue weighted by Gasteiger charge is -2.10. The molecule has 0 saturated heterocycles. The zero-order valence-corrected chi connectivity index (χ0v) is 13.8. The number of hydrogen-bond donors (Lipinski definition) is 0. The van der Waals surface area contributed by atoms with Crippen LogP contribution in [0.15, 0.2) is 65.1 Å². The van der Waals surface area contributed by atoms with Crippen LogP contribution in [0.4, 0.5) is 0 Å². The number of hydrogen-bond acceptors (Lipinski definition) is 1. The van der Waals surface area contributed by atoms with Crippen molar-refractivity contribution in [3.63, 3.8) is 0 Å². The van der Waals surface area contributed by atoms with Crippen LogP contribution < -0.4 is 0 Å². The highest BCUT2D eigenvalue weighted by Gasteiger charge is 2.17. The molecule has 0 fully saturated rings. The van der Waals surface area contributed by atoms with E-state index >= 15 is 0 Å². The third-order valence-electron chi connectivity index (χ3n) is 4.79. The predicted molar refractivity (Wildman–Crippen MR) is 102 cm³/mol. The summed E-state index contributed by atoms with van der Waals surface area (Å²) in [6.07, 6.45) is 6.61. The van der Waals surface area contributed by atoms with Crippen molar-refractivity contribution in [2.45, 2.75) is 12.8 Å². The quantitative estimate of drug-likeness (QED) is 0.371. The van der Waals surface area contributed by atoms with E-state index in [2.05, 4.69) is 36.4 Å². The summed E-state index contributed by atoms with van der Waals surface area (Å²) in [5.41, 5.74) is 6.79. The summed E-state index contributed by atoms with van der Waals surface area (Å²) in [4.78, 5) is 0. The van der Waals surface area contributed by atoms with Gasteiger partial charge in [-0.05, 0) is 47.7 Å². The molecule has 1 aromatic heterocycles. The fourth-order valence-electron chi connectivity index (χ4n) is 3.69. The average Bonchev–Trinajstić information content (AvgIpc) is 3.01. The van der Waals surface area contributed by atoms with Crippen molar-refractivity contribution < 1.29 is 4.42 Å². The standard InChI is InChI=1S/C22H15ClO/c23-16-7-3-6-15(13-16)17-9-4-10-20-21(17)19-12-11-14-5-1-2-8-18(14)22(19)24-20/h2-4,6-13H,1,5H2. The minimum Gasteiger partial charge on any atom is -0.455 e. The summed E-state index contributed by atoms with van der Waals surface area (Å²) in [7, 11) is 0. The molecule has 0 amide bonds. The van der Waals surface area contributed by atoms with Gasteiger partial charge in [0.25, 0.3) is 0 Å². The molecular formula is C22H15ClO. The number of rotatable bonds is 1. The summed E-state index contributed by atoms with van der Waals surface area (Å²) < 4.78 is 6.26. The van der Waals surface area contributed by atoms with E-state index in [9.17, 15) is 0 Å². The third kappa shape index (κ3) is 2.02. The lowest BCUT2D eigenvalue weighted by Crippen LogP contribution is -1.93. The lowest BCUT2D eigenvalue weighted by molar-refractivity contribution is 0.666. The van der Waals surface area contributed by atoms with Gasteiger partial charge in [-0.1, -0.05) is 60.2 Å². The minimum absolute atomic E-state index is 0.748. The molecule has 2 heteroatoms. The Morgan fingerprint density at radius 2 is 1.88 bits per heavy atom. The normalized spacial score (nSPS) is 13.5. The van der Waals surface area contributed by atoms with E-state index in [-0.39, 0.29) is 0 Å². The van der Waals surface area contributed by atoms with Crippen LogP contribution in [0, 0.1) is 0 Å². The van der Waals surface area contributed by atoms with Crippen LogP contribution in [0.1, 0.15) is 17.5 Å². The SMILES string of the molecule is Clc1cccc(-c2cccc3oc4c5c(ccc4c23)CCC=C5)c1. The summed E-state index contributed by atoms with van der Waals surface area (Å²) in [6.45, 7) is 0. The molecule has 1 heterocycles. The highest BCUT2D eigenvalue weighted by atomic mass is 35.5. The Labute approximate surface area is 145 Å². The molecule has 0 saturated carbocycles. The number of halogens is 1. The largest absolute Gasteiger partial charge is 0.455 e. The molecule has 0 unspecified atom stereocenters. The monoisotopic (exact) mass is 330 g/mol. The molecular weight excluding hydrogens is 316 g/mol. The first-order valence-electron chi connectivity index (χ1n) is 8.21. The Kier molecular flexibility index (Phi) is 3.04. The first-order chi connectivity index (χ1) is 11.8. The van der Waals surface area contributed by atoms with Crippen LogP contribution in [0.25, 0.3) is 39.1 Å². The van der Waals surface area contributed by atoms with Gasteiger partial charge in [0.1, 0.15) is 11.2 Å². The van der Waals surface area contributed by atoms with Gasteiger partial charge in [-0.15, -0.1) is 0 Å². The van der Waals surface area contributed by atoms with Crippen LogP contribution >= 0.6 is 11.6 Å². The van der Waals surface area contributed by atoms with Gasteiger partial charge < -0.3 is 4.42 Å². The fourth-order valence-corrected chi connectivity index (χ4v) is 3.88. The average molecular weight is 331 g/mol. The molecule has 1 aliphatic rings. The topological polar surface area (TPSA) is 13.1 Å². The summed E-state index contributed by atoms with van der Waals surface area (Å²) in [6, 6.07) is 18.7. The van der Waals surface area contributed by atoms with E-state index < -0.39 is 0 Å². The Morgan fingerprint density at radius 1 is 0.958 bits per heavy atom. The number of aryl methyl sites for hydroxylation is 1. The molecule has 1 aliphatic carbocycles. The third-order valence-corrected chi connectivity index (χ3v) is 5.03. The van der Waals surface area contributed by atoms with E-state index in [0.29, 0.717) is 0 Å². The van der Waals surface area contributed by atoms with Gasteiger partial charge in [-0.2, -0.15) is 0 Å². The van der Waals surface area contributed by atoms with Crippen LogP contribution in [0.5, 0.6) is 0 Å². The van der Waals surface area contributed by atoms with Crippen molar-refractivity contribution in [2.75, 3.05) is 0 Å². The van der Waals surface area contributed by atoms with Crippen molar-refractivity contribution in [1.29, 1.82) is 0 Å². The second-order valence-electron chi connectivity index (χ2n) is 6.25. The first-order valence-corrected chi connectivity index (χ1v) is 8.59. The Morgan fingerprint density at radius 3 is 2.79 bits per heavy atom. The smallest absolute Gasteiger partial charge is 0.142 e. The maximum Gasteiger partial charge on any atom is 0.142 e. The molecule has 0 bridgehead atoms. The first kappa shape index (κ1) is 13.9. The van der Waals surface area contributed by atoms with E-state index in [4.69, 9.17) is 16.0 Å². The number of fused-ring (bicyclic) bond motifs is 5. The number of furan rings is 1. The van der Waals surface area contributed by atoms with Crippen molar-refractivity contribution in [3.8, 4) is 11.1 Å². The number of allylic oxidation sites excluding steroid dienone is 1. The van der Waals surface area contributed by atoms with E-state index in [0.717, 1.165) is 45.5 Å². The van der Waals surface area contributed by atoms with E-state index in [1.165, 1.54) is 16.5 Å². The molecule has 0 N–H and O–H groups in total. The minimum atomic E-state index is 0.748. The zero-order chi connectivity index (χ0) is 16.1. The van der Waals surface area contributed by atoms with Crippen molar-refractivity contribution in [2.24, 2.45) is 0 Å². The van der Waals surface area contributed by atoms with Gasteiger partial charge in [-0.25, -0.2) is 0 Å². The predicted octanol–water partition coefficient (Wildman–Crippen LogP) is 6.87. The van der Waals surface area contributed by atoms with E-state index in [1.807, 2.05) is 30.3 Å². The molecule has 0 radical (unpaired) electrons. The summed E-state index contributed by atoms with van der Waals surface area (Å²) in [5, 5.41) is 3.08. The van der Waals surface area contributed by atoms with Crippen LogP contribution in [-0.4, -0.2) is 0 Å². The molecule has 0 aliphatic heterocycles. The van der Waals surface area contributed by atoms with Crippen molar-refractivity contribution >= 4 is 39.6 Å². The highest BCUT2D eigenvalue weighted by molar-refractivity contribution is 6.31. The molecule has 4 aromatic rings. The molecule has 0 spiro atoms. The molecule has 3 aromatic carbocycles. The molecule has 1 nitrogen and oxygen atoms in total. The molecule has 24 heavy (non-hydrogen) atoms. The lowest BCUT2D eigenvalue weighted by atomic mass is 9.93. The van der Waals surface area contributed by atoms with E-state index in [1.54, 1.807) is 0 Å². The second kappa shape index (κ2) is 5.25. The summed E-state index contributed by atoms with van der Waals surface area (Å²) >= 11 is 6.20. The van der Waals surface area contributed by atoms with Gasteiger partial charge >= 0.3 is 0 Å². The Balaban J connectivity index is 1.89. The van der Waals surface area contributed by atoms with Crippen LogP contribution in [0.2, 0.25) is 5.02 Å². The second-order valence-corrected chi connectivity index (χ2v) is 6.68. The maximum absolute atomic E-state index is 6.26. The van der Waals surface area contributed by atoms with Gasteiger partial charge in [-0.3, -0.25) is 0 Å². The van der Waals surface area contributed by atoms with Gasteiger partial charge in [0.05, 0.1) is 0 Å². The van der Waals surface area contributed by atoms with Crippen molar-refractivity contribution in [1.82, 2.24) is 0 Å². The maximum atomic E-state index is 6.26. The van der Waals surface area contributed by atoms with Crippen molar-refractivity contribution in [3.05, 3.63) is 76.8 Å². The molecule has 116 valence electrons. The highest BCUT2D eigenvalue weighted by Crippen LogP contribution is 2.40. The van der Waals surface area contributed by atoms with Crippen LogP contribution in [-0.2, 0) is 6.42 Å². The van der Waals surface area contributed by atoms with Gasteiger partial charge in [0.2, 0.25) is 0 Å². The number of benzene rings is 3. The van der Waals surface area contributed by atoms with Gasteiger partial charge in [0, 0.05) is 21.4 Å². The fraction of sp³-hybridized carbons (Fsp3) is 0.0909. The molecule has 5 rings (SSSR count). The Hall–Kier alpha value is -2.51. The summed E-state index contributed by atoms with van der Waals surface area (Å²) in [5.74, 6) is 0. The zero-order valence-electron chi connectivity index (χ0n) is 13.1. The van der Waals surface area contributed by atoms with Gasteiger partial charge in [0.15, 0.2) is 0 Å². The van der Waals surface area contributed by atoms with Crippen LogP contribution in [0.3, 0.4) is 0 Å².